The van der Waals surface area contributed by atoms with E-state index in [4.69, 9.17) is 15.6 Å². The molecule has 1 aromatic rings. The first-order valence-corrected chi connectivity index (χ1v) is 6.44. The van der Waals surface area contributed by atoms with Crippen LogP contribution >= 0.6 is 0 Å². The van der Waals surface area contributed by atoms with Gasteiger partial charge in [0.05, 0.1) is 23.7 Å². The van der Waals surface area contributed by atoms with Gasteiger partial charge in [-0.05, 0) is 6.92 Å². The lowest BCUT2D eigenvalue weighted by Gasteiger charge is -2.23. The van der Waals surface area contributed by atoms with E-state index in [-0.39, 0.29) is 43.6 Å². The van der Waals surface area contributed by atoms with Gasteiger partial charge in [-0.15, -0.1) is 0 Å². The highest BCUT2D eigenvalue weighted by Gasteiger charge is 2.29. The molecule has 0 amide bonds. The average Bonchev–Trinajstić information content (AvgIpc) is 2.51. The van der Waals surface area contributed by atoms with E-state index in [1.54, 1.807) is 6.92 Å². The molecule has 1 N–H and O–H groups in total. The Hall–Kier alpha value is -2.98. The van der Waals surface area contributed by atoms with Gasteiger partial charge in [0.1, 0.15) is 19.4 Å². The highest BCUT2D eigenvalue weighted by molar-refractivity contribution is 5.71. The van der Waals surface area contributed by atoms with Crippen LogP contribution in [0, 0.1) is 32.8 Å². The van der Waals surface area contributed by atoms with Crippen molar-refractivity contribution in [3.8, 4) is 12.1 Å². The third kappa shape index (κ3) is 3.77. The molecular formula is C12H15N7O3. The Balaban J connectivity index is 3.43. The van der Waals surface area contributed by atoms with Gasteiger partial charge < -0.3 is 14.9 Å². The minimum Gasteiger partial charge on any atom is -0.395 e. The summed E-state index contributed by atoms with van der Waals surface area (Å²) in [6, 6.07) is 3.69. The van der Waals surface area contributed by atoms with Crippen molar-refractivity contribution in [3.63, 3.8) is 0 Å². The molecule has 1 aromatic heterocycles. The number of aliphatic hydroxyl groups excluding tert-OH is 1. The number of rotatable bonds is 8. The van der Waals surface area contributed by atoms with Gasteiger partial charge >= 0.3 is 5.69 Å². The van der Waals surface area contributed by atoms with E-state index in [9.17, 15) is 10.1 Å². The summed E-state index contributed by atoms with van der Waals surface area (Å²) in [5.74, 6) is -0.0399. The number of anilines is 2. The summed E-state index contributed by atoms with van der Waals surface area (Å²) in [5, 5.41) is 38.1. The van der Waals surface area contributed by atoms with Crippen LogP contribution in [-0.2, 0) is 0 Å². The number of aromatic nitrogens is 2. The van der Waals surface area contributed by atoms with Crippen LogP contribution < -0.4 is 9.80 Å². The van der Waals surface area contributed by atoms with Gasteiger partial charge in [-0.1, -0.05) is 0 Å². The first kappa shape index (κ1) is 17.1. The fourth-order valence-electron chi connectivity index (χ4n) is 1.90. The van der Waals surface area contributed by atoms with Crippen molar-refractivity contribution in [2.75, 3.05) is 42.6 Å². The second-order valence-corrected chi connectivity index (χ2v) is 4.10. The summed E-state index contributed by atoms with van der Waals surface area (Å²) >= 11 is 0. The number of hydrogen-bond donors (Lipinski definition) is 1. The Morgan fingerprint density at radius 1 is 1.27 bits per heavy atom. The number of nitriles is 2. The Labute approximate surface area is 127 Å². The maximum atomic E-state index is 11.4. The third-order valence-electron chi connectivity index (χ3n) is 2.84. The molecule has 116 valence electrons. The van der Waals surface area contributed by atoms with Crippen LogP contribution in [0.5, 0.6) is 0 Å². The molecule has 10 heteroatoms. The van der Waals surface area contributed by atoms with Gasteiger partial charge in [-0.3, -0.25) is 10.1 Å². The van der Waals surface area contributed by atoms with Gasteiger partial charge in [-0.25, -0.2) is 9.97 Å². The summed E-state index contributed by atoms with van der Waals surface area (Å²) in [4.78, 5) is 21.3. The van der Waals surface area contributed by atoms with Crippen molar-refractivity contribution < 1.29 is 10.0 Å². The van der Waals surface area contributed by atoms with Crippen LogP contribution in [0.25, 0.3) is 0 Å². The zero-order valence-electron chi connectivity index (χ0n) is 12.0. The van der Waals surface area contributed by atoms with E-state index in [0.717, 1.165) is 6.33 Å². The van der Waals surface area contributed by atoms with Gasteiger partial charge in [0.15, 0.2) is 0 Å². The number of aliphatic hydroxyl groups is 1. The van der Waals surface area contributed by atoms with Crippen molar-refractivity contribution in [2.45, 2.75) is 6.92 Å². The molecule has 0 saturated carbocycles. The van der Waals surface area contributed by atoms with Crippen LogP contribution in [0.3, 0.4) is 0 Å². The molecule has 0 bridgehead atoms. The zero-order chi connectivity index (χ0) is 16.5. The molecule has 1 rings (SSSR count). The first-order valence-electron chi connectivity index (χ1n) is 6.44. The SMILES string of the molecule is CCN(CCO)c1ncnc(N(CC#N)CC#N)c1[N+](=O)[O-]. The molecule has 22 heavy (non-hydrogen) atoms. The van der Waals surface area contributed by atoms with Crippen LogP contribution in [0.1, 0.15) is 6.92 Å². The van der Waals surface area contributed by atoms with Gasteiger partial charge in [0, 0.05) is 13.1 Å². The normalized spacial score (nSPS) is 9.64. The summed E-state index contributed by atoms with van der Waals surface area (Å²) in [6.45, 7) is 1.72. The molecule has 0 fully saturated rings. The van der Waals surface area contributed by atoms with Crippen molar-refractivity contribution in [2.24, 2.45) is 0 Å². The second kappa shape index (κ2) is 8.34. The number of nitrogens with zero attached hydrogens (tertiary/aromatic N) is 7. The molecule has 0 saturated heterocycles. The Morgan fingerprint density at radius 3 is 2.23 bits per heavy atom. The van der Waals surface area contributed by atoms with Crippen molar-refractivity contribution in [1.29, 1.82) is 10.5 Å². The maximum absolute atomic E-state index is 11.4. The van der Waals surface area contributed by atoms with E-state index < -0.39 is 4.92 Å². The number of nitro groups is 1. The van der Waals surface area contributed by atoms with Crippen LogP contribution in [0.2, 0.25) is 0 Å². The van der Waals surface area contributed by atoms with E-state index >= 15 is 0 Å². The second-order valence-electron chi connectivity index (χ2n) is 4.10. The van der Waals surface area contributed by atoms with Crippen LogP contribution in [0.15, 0.2) is 6.33 Å². The molecule has 0 aliphatic heterocycles. The summed E-state index contributed by atoms with van der Waals surface area (Å²) in [5.41, 5.74) is -0.386. The predicted molar refractivity (Wildman–Crippen MR) is 77.1 cm³/mol. The lowest BCUT2D eigenvalue weighted by molar-refractivity contribution is -0.383. The van der Waals surface area contributed by atoms with Crippen molar-refractivity contribution in [1.82, 2.24) is 9.97 Å². The van der Waals surface area contributed by atoms with Crippen LogP contribution in [0.4, 0.5) is 17.3 Å². The fraction of sp³-hybridized carbons (Fsp3) is 0.500. The molecule has 10 nitrogen and oxygen atoms in total. The third-order valence-corrected chi connectivity index (χ3v) is 2.84. The Bertz CT molecular complexity index is 592. The highest BCUT2D eigenvalue weighted by atomic mass is 16.6. The molecule has 0 atom stereocenters. The summed E-state index contributed by atoms with van der Waals surface area (Å²) in [7, 11) is 0. The minimum atomic E-state index is -0.646. The molecule has 0 aliphatic carbocycles. The predicted octanol–water partition coefficient (Wildman–Crippen LogP) is 0.0570. The zero-order valence-corrected chi connectivity index (χ0v) is 12.0. The van der Waals surface area contributed by atoms with E-state index in [1.807, 2.05) is 12.1 Å². The smallest absolute Gasteiger partial charge is 0.353 e. The van der Waals surface area contributed by atoms with Crippen LogP contribution in [-0.4, -0.2) is 52.8 Å². The molecule has 0 radical (unpaired) electrons. The highest BCUT2D eigenvalue weighted by Crippen LogP contribution is 2.33. The average molecular weight is 305 g/mol. The lowest BCUT2D eigenvalue weighted by atomic mass is 10.3. The summed E-state index contributed by atoms with van der Waals surface area (Å²) in [6.07, 6.45) is 1.14. The molecule has 0 unspecified atom stereocenters. The van der Waals surface area contributed by atoms with Gasteiger partial charge in [0.25, 0.3) is 0 Å². The van der Waals surface area contributed by atoms with Gasteiger partial charge in [0.2, 0.25) is 11.6 Å². The Morgan fingerprint density at radius 2 is 1.82 bits per heavy atom. The standard InChI is InChI=1S/C12H15N7O3/c1-2-17(7-8-20)11-10(19(21)22)12(16-9-15-11)18(5-3-13)6-4-14/h9,20H,2,5-8H2,1H3. The number of hydrogen-bond acceptors (Lipinski definition) is 9. The summed E-state index contributed by atoms with van der Waals surface area (Å²) < 4.78 is 0. The Kier molecular flexibility index (Phi) is 6.47. The van der Waals surface area contributed by atoms with E-state index in [1.165, 1.54) is 9.80 Å². The molecular weight excluding hydrogens is 290 g/mol. The maximum Gasteiger partial charge on any atom is 0.353 e. The first-order chi connectivity index (χ1) is 10.6. The van der Waals surface area contributed by atoms with E-state index in [2.05, 4.69) is 9.97 Å². The minimum absolute atomic E-state index is 0.0485. The van der Waals surface area contributed by atoms with Gasteiger partial charge in [-0.2, -0.15) is 10.5 Å². The number of likely N-dealkylation sites (N-methyl/N-ethyl adjacent to an activating group) is 1. The largest absolute Gasteiger partial charge is 0.395 e. The topological polar surface area (TPSA) is 143 Å². The monoisotopic (exact) mass is 305 g/mol. The lowest BCUT2D eigenvalue weighted by Crippen LogP contribution is -2.30. The molecule has 0 spiro atoms. The van der Waals surface area contributed by atoms with Crippen molar-refractivity contribution in [3.05, 3.63) is 16.4 Å². The van der Waals surface area contributed by atoms with E-state index in [0.29, 0.717) is 6.54 Å². The van der Waals surface area contributed by atoms with Crippen molar-refractivity contribution >= 4 is 17.3 Å². The molecule has 0 aliphatic rings. The molecule has 0 aromatic carbocycles. The molecule has 1 heterocycles. The quantitative estimate of drug-likeness (QED) is 0.400. The fourth-order valence-corrected chi connectivity index (χ4v) is 1.90.